The Morgan fingerprint density at radius 1 is 1.53 bits per heavy atom. The van der Waals surface area contributed by atoms with Crippen LogP contribution in [0.25, 0.3) is 5.69 Å². The standard InChI is InChI=1S/C11H11BrN4O/c1-7-5-14-16(6-7)9-4-2-3-8(12)10(9)11(13)15-17/h2-6,17H,1H3,(H2,13,15). The molecule has 0 saturated carbocycles. The smallest absolute Gasteiger partial charge is 0.173 e. The third-order valence-electron chi connectivity index (χ3n) is 2.31. The summed E-state index contributed by atoms with van der Waals surface area (Å²) < 4.78 is 2.44. The third-order valence-corrected chi connectivity index (χ3v) is 2.97. The molecule has 6 heteroatoms. The van der Waals surface area contributed by atoms with E-state index >= 15 is 0 Å². The van der Waals surface area contributed by atoms with E-state index in [0.717, 1.165) is 15.7 Å². The predicted molar refractivity (Wildman–Crippen MR) is 68.5 cm³/mol. The number of nitrogens with zero attached hydrogens (tertiary/aromatic N) is 3. The molecule has 0 amide bonds. The van der Waals surface area contributed by atoms with Gasteiger partial charge in [-0.1, -0.05) is 11.2 Å². The fraction of sp³-hybridized carbons (Fsp3) is 0.0909. The van der Waals surface area contributed by atoms with Crippen LogP contribution in [0.2, 0.25) is 0 Å². The zero-order chi connectivity index (χ0) is 12.4. The minimum Gasteiger partial charge on any atom is -0.409 e. The van der Waals surface area contributed by atoms with Crippen LogP contribution in [0.15, 0.2) is 40.2 Å². The van der Waals surface area contributed by atoms with E-state index in [1.165, 1.54) is 0 Å². The highest BCUT2D eigenvalue weighted by molar-refractivity contribution is 9.10. The van der Waals surface area contributed by atoms with Crippen molar-refractivity contribution in [2.24, 2.45) is 10.9 Å². The second-order valence-electron chi connectivity index (χ2n) is 3.58. The van der Waals surface area contributed by atoms with Gasteiger partial charge in [0.05, 0.1) is 17.4 Å². The molecule has 0 saturated heterocycles. The molecular weight excluding hydrogens is 284 g/mol. The van der Waals surface area contributed by atoms with Gasteiger partial charge in [0, 0.05) is 10.7 Å². The molecule has 0 aliphatic heterocycles. The van der Waals surface area contributed by atoms with Crippen molar-refractivity contribution in [2.45, 2.75) is 6.92 Å². The molecule has 0 radical (unpaired) electrons. The molecule has 1 aromatic heterocycles. The Labute approximate surface area is 107 Å². The van der Waals surface area contributed by atoms with Crippen molar-refractivity contribution in [2.75, 3.05) is 0 Å². The van der Waals surface area contributed by atoms with Crippen molar-refractivity contribution in [1.82, 2.24) is 9.78 Å². The average molecular weight is 295 g/mol. The van der Waals surface area contributed by atoms with E-state index in [1.54, 1.807) is 10.9 Å². The van der Waals surface area contributed by atoms with Crippen LogP contribution in [-0.4, -0.2) is 20.8 Å². The normalized spacial score (nSPS) is 11.8. The second-order valence-corrected chi connectivity index (χ2v) is 4.44. The quantitative estimate of drug-likeness (QED) is 0.385. The van der Waals surface area contributed by atoms with Gasteiger partial charge in [-0.2, -0.15) is 5.10 Å². The Morgan fingerprint density at radius 2 is 2.29 bits per heavy atom. The Balaban J connectivity index is 2.66. The van der Waals surface area contributed by atoms with Gasteiger partial charge in [-0.3, -0.25) is 0 Å². The van der Waals surface area contributed by atoms with Gasteiger partial charge >= 0.3 is 0 Å². The molecule has 88 valence electrons. The van der Waals surface area contributed by atoms with Gasteiger partial charge in [0.1, 0.15) is 0 Å². The molecule has 0 bridgehead atoms. The molecule has 2 aromatic rings. The number of hydrogen-bond donors (Lipinski definition) is 2. The summed E-state index contributed by atoms with van der Waals surface area (Å²) in [4.78, 5) is 0. The van der Waals surface area contributed by atoms with Crippen LogP contribution >= 0.6 is 15.9 Å². The van der Waals surface area contributed by atoms with Crippen LogP contribution in [0, 0.1) is 6.92 Å². The summed E-state index contributed by atoms with van der Waals surface area (Å²) in [7, 11) is 0. The Bertz CT molecular complexity index is 577. The molecule has 0 aliphatic carbocycles. The number of benzene rings is 1. The van der Waals surface area contributed by atoms with E-state index in [9.17, 15) is 0 Å². The first-order chi connectivity index (χ1) is 8.13. The lowest BCUT2D eigenvalue weighted by Crippen LogP contribution is -2.17. The lowest BCUT2D eigenvalue weighted by atomic mass is 10.1. The number of hydrogen-bond acceptors (Lipinski definition) is 3. The van der Waals surface area contributed by atoms with Gasteiger partial charge in [0.15, 0.2) is 5.84 Å². The lowest BCUT2D eigenvalue weighted by Gasteiger charge is -2.10. The molecular formula is C11H11BrN4O. The van der Waals surface area contributed by atoms with Crippen LogP contribution in [0.3, 0.4) is 0 Å². The van der Waals surface area contributed by atoms with Gasteiger partial charge in [-0.25, -0.2) is 4.68 Å². The maximum absolute atomic E-state index is 8.80. The van der Waals surface area contributed by atoms with Crippen LogP contribution in [0.1, 0.15) is 11.1 Å². The van der Waals surface area contributed by atoms with Crippen LogP contribution in [0.4, 0.5) is 0 Å². The van der Waals surface area contributed by atoms with Gasteiger partial charge in [0.25, 0.3) is 0 Å². The summed E-state index contributed by atoms with van der Waals surface area (Å²) in [5.41, 5.74) is 8.07. The molecule has 0 aliphatic rings. The maximum atomic E-state index is 8.80. The van der Waals surface area contributed by atoms with Crippen molar-refractivity contribution >= 4 is 21.8 Å². The topological polar surface area (TPSA) is 76.4 Å². The highest BCUT2D eigenvalue weighted by Gasteiger charge is 2.13. The van der Waals surface area contributed by atoms with Crippen molar-refractivity contribution < 1.29 is 5.21 Å². The van der Waals surface area contributed by atoms with Crippen molar-refractivity contribution in [3.8, 4) is 5.69 Å². The zero-order valence-electron chi connectivity index (χ0n) is 9.13. The number of rotatable bonds is 2. The van der Waals surface area contributed by atoms with Gasteiger partial charge < -0.3 is 10.9 Å². The molecule has 3 N–H and O–H groups in total. The summed E-state index contributed by atoms with van der Waals surface area (Å²) in [5, 5.41) is 16.0. The van der Waals surface area contributed by atoms with Gasteiger partial charge in [-0.05, 0) is 40.5 Å². The van der Waals surface area contributed by atoms with E-state index < -0.39 is 0 Å². The third kappa shape index (κ3) is 2.16. The number of nitrogens with two attached hydrogens (primary N) is 1. The van der Waals surface area contributed by atoms with Gasteiger partial charge in [0.2, 0.25) is 0 Å². The fourth-order valence-corrected chi connectivity index (χ4v) is 2.11. The lowest BCUT2D eigenvalue weighted by molar-refractivity contribution is 0.318. The van der Waals surface area contributed by atoms with E-state index in [-0.39, 0.29) is 5.84 Å². The SMILES string of the molecule is Cc1cnn(-c2cccc(Br)c2/C(N)=N/O)c1. The average Bonchev–Trinajstić information content (AvgIpc) is 2.74. The van der Waals surface area contributed by atoms with Crippen LogP contribution in [-0.2, 0) is 0 Å². The van der Waals surface area contributed by atoms with E-state index in [4.69, 9.17) is 10.9 Å². The van der Waals surface area contributed by atoms with E-state index in [1.807, 2.05) is 31.3 Å². The first kappa shape index (κ1) is 11.7. The molecule has 0 atom stereocenters. The monoisotopic (exact) mass is 294 g/mol. The first-order valence-corrected chi connectivity index (χ1v) is 5.71. The molecule has 2 rings (SSSR count). The van der Waals surface area contributed by atoms with Crippen molar-refractivity contribution in [3.05, 3.63) is 46.2 Å². The number of amidine groups is 1. The predicted octanol–water partition coefficient (Wildman–Crippen LogP) is 2.04. The highest BCUT2D eigenvalue weighted by atomic mass is 79.9. The number of oxime groups is 1. The van der Waals surface area contributed by atoms with Gasteiger partial charge in [-0.15, -0.1) is 0 Å². The molecule has 0 spiro atoms. The van der Waals surface area contributed by atoms with E-state index in [2.05, 4.69) is 26.2 Å². The first-order valence-electron chi connectivity index (χ1n) is 4.91. The second kappa shape index (κ2) is 4.58. The van der Waals surface area contributed by atoms with E-state index in [0.29, 0.717) is 5.56 Å². The van der Waals surface area contributed by atoms with Crippen molar-refractivity contribution in [1.29, 1.82) is 0 Å². The summed E-state index contributed by atoms with van der Waals surface area (Å²) in [6, 6.07) is 5.54. The summed E-state index contributed by atoms with van der Waals surface area (Å²) in [5.74, 6) is 0.0422. The molecule has 5 nitrogen and oxygen atoms in total. The largest absolute Gasteiger partial charge is 0.409 e. The summed E-state index contributed by atoms with van der Waals surface area (Å²) >= 11 is 3.38. The molecule has 0 fully saturated rings. The van der Waals surface area contributed by atoms with Crippen LogP contribution in [0.5, 0.6) is 0 Å². The summed E-state index contributed by atoms with van der Waals surface area (Å²) in [6.45, 7) is 1.95. The maximum Gasteiger partial charge on any atom is 0.173 e. The molecule has 17 heavy (non-hydrogen) atoms. The van der Waals surface area contributed by atoms with Crippen LogP contribution < -0.4 is 5.73 Å². The molecule has 1 aromatic carbocycles. The molecule has 1 heterocycles. The molecule has 0 unspecified atom stereocenters. The fourth-order valence-electron chi connectivity index (χ4n) is 1.55. The Kier molecular flexibility index (Phi) is 3.14. The van der Waals surface area contributed by atoms with Crippen molar-refractivity contribution in [3.63, 3.8) is 0 Å². The minimum absolute atomic E-state index is 0.0422. The minimum atomic E-state index is 0.0422. The Hall–Kier alpha value is -1.82. The number of halogens is 1. The number of aryl methyl sites for hydroxylation is 1. The summed E-state index contributed by atoms with van der Waals surface area (Å²) in [6.07, 6.45) is 3.62. The number of aromatic nitrogens is 2. The highest BCUT2D eigenvalue weighted by Crippen LogP contribution is 2.23. The Morgan fingerprint density at radius 3 is 2.88 bits per heavy atom. The zero-order valence-corrected chi connectivity index (χ0v) is 10.7.